The summed E-state index contributed by atoms with van der Waals surface area (Å²) in [5.41, 5.74) is 2.14. The monoisotopic (exact) mass is 243 g/mol. The van der Waals surface area contributed by atoms with E-state index >= 15 is 0 Å². The van der Waals surface area contributed by atoms with E-state index in [9.17, 15) is 4.79 Å². The normalized spacial score (nSPS) is 9.94. The van der Waals surface area contributed by atoms with Crippen molar-refractivity contribution in [2.75, 3.05) is 5.75 Å². The first kappa shape index (κ1) is 11.8. The van der Waals surface area contributed by atoms with Crippen LogP contribution >= 0.6 is 11.8 Å². The van der Waals surface area contributed by atoms with Crippen LogP contribution in [-0.4, -0.2) is 15.9 Å². The zero-order valence-corrected chi connectivity index (χ0v) is 10.4. The van der Waals surface area contributed by atoms with Gasteiger partial charge in [0.2, 0.25) is 0 Å². The molecule has 3 heteroatoms. The fraction of sp³-hybridized carbons (Fsp3) is 0.214. The minimum Gasteiger partial charge on any atom is -0.361 e. The van der Waals surface area contributed by atoms with Crippen LogP contribution in [-0.2, 0) is 4.79 Å². The number of aromatic nitrogens is 1. The van der Waals surface area contributed by atoms with E-state index in [1.165, 1.54) is 11.8 Å². The maximum Gasteiger partial charge on any atom is 0.185 e. The highest BCUT2D eigenvalue weighted by atomic mass is 32.2. The van der Waals surface area contributed by atoms with Gasteiger partial charge in [0.1, 0.15) is 0 Å². The van der Waals surface area contributed by atoms with E-state index in [4.69, 9.17) is 0 Å². The first-order valence-corrected chi connectivity index (χ1v) is 6.44. The highest BCUT2D eigenvalue weighted by Gasteiger charge is 1.97. The van der Waals surface area contributed by atoms with Crippen LogP contribution in [0.15, 0.2) is 30.5 Å². The molecule has 1 heterocycles. The number of hydrogen-bond donors (Lipinski definition) is 1. The van der Waals surface area contributed by atoms with Gasteiger partial charge in [-0.2, -0.15) is 0 Å². The molecule has 1 aromatic heterocycles. The lowest BCUT2D eigenvalue weighted by molar-refractivity contribution is -0.109. The number of aromatic amines is 1. The molecule has 2 rings (SSSR count). The summed E-state index contributed by atoms with van der Waals surface area (Å²) in [6, 6.07) is 8.07. The Kier molecular flexibility index (Phi) is 3.89. The van der Waals surface area contributed by atoms with Crippen molar-refractivity contribution in [3.63, 3.8) is 0 Å². The van der Waals surface area contributed by atoms with Crippen LogP contribution in [0, 0.1) is 11.8 Å². The summed E-state index contributed by atoms with van der Waals surface area (Å²) < 4.78 is 0. The van der Waals surface area contributed by atoms with Crippen molar-refractivity contribution < 1.29 is 4.79 Å². The molecule has 2 nitrogen and oxygen atoms in total. The molecule has 0 saturated heterocycles. The van der Waals surface area contributed by atoms with Crippen molar-refractivity contribution in [2.24, 2.45) is 0 Å². The Bertz CT molecular complexity index is 589. The molecule has 86 valence electrons. The van der Waals surface area contributed by atoms with Crippen LogP contribution in [0.25, 0.3) is 10.9 Å². The third-order valence-corrected chi connectivity index (χ3v) is 3.17. The highest BCUT2D eigenvalue weighted by molar-refractivity contribution is 8.13. The van der Waals surface area contributed by atoms with Gasteiger partial charge < -0.3 is 4.98 Å². The lowest BCUT2D eigenvalue weighted by atomic mass is 10.1. The van der Waals surface area contributed by atoms with E-state index in [0.717, 1.165) is 28.6 Å². The first-order valence-electron chi connectivity index (χ1n) is 5.46. The Labute approximate surface area is 105 Å². The lowest BCUT2D eigenvalue weighted by Crippen LogP contribution is -1.84. The fourth-order valence-corrected chi connectivity index (χ4v) is 2.09. The summed E-state index contributed by atoms with van der Waals surface area (Å²) in [6.07, 6.45) is 2.66. The minimum atomic E-state index is 0.152. The summed E-state index contributed by atoms with van der Waals surface area (Å²) in [5.74, 6) is 7.02. The number of H-pyrrole nitrogens is 1. The molecule has 0 fully saturated rings. The van der Waals surface area contributed by atoms with E-state index in [-0.39, 0.29) is 5.12 Å². The second kappa shape index (κ2) is 5.60. The minimum absolute atomic E-state index is 0.152. The summed E-state index contributed by atoms with van der Waals surface area (Å²) in [6.45, 7) is 1.58. The summed E-state index contributed by atoms with van der Waals surface area (Å²) in [5, 5.41) is 1.30. The molecule has 0 aliphatic rings. The Morgan fingerprint density at radius 3 is 3.12 bits per heavy atom. The molecule has 1 aromatic carbocycles. The largest absolute Gasteiger partial charge is 0.361 e. The maximum atomic E-state index is 10.7. The van der Waals surface area contributed by atoms with Gasteiger partial charge in [0.25, 0.3) is 0 Å². The van der Waals surface area contributed by atoms with Crippen molar-refractivity contribution in [2.45, 2.75) is 13.3 Å². The Morgan fingerprint density at radius 1 is 1.41 bits per heavy atom. The highest BCUT2D eigenvalue weighted by Crippen LogP contribution is 2.16. The van der Waals surface area contributed by atoms with Gasteiger partial charge in [0, 0.05) is 41.8 Å². The number of nitrogens with one attached hydrogen (secondary N) is 1. The topological polar surface area (TPSA) is 32.9 Å². The van der Waals surface area contributed by atoms with Crippen LogP contribution in [0.1, 0.15) is 18.9 Å². The Balaban J connectivity index is 2.05. The predicted molar refractivity (Wildman–Crippen MR) is 72.9 cm³/mol. The van der Waals surface area contributed by atoms with Gasteiger partial charge in [-0.15, -0.1) is 0 Å². The second-order valence-corrected chi connectivity index (χ2v) is 4.91. The van der Waals surface area contributed by atoms with Crippen LogP contribution in [0.4, 0.5) is 0 Å². The van der Waals surface area contributed by atoms with E-state index in [2.05, 4.69) is 16.8 Å². The average Bonchev–Trinajstić information content (AvgIpc) is 2.77. The summed E-state index contributed by atoms with van der Waals surface area (Å²) in [4.78, 5) is 13.9. The van der Waals surface area contributed by atoms with Crippen LogP contribution in [0.2, 0.25) is 0 Å². The van der Waals surface area contributed by atoms with Crippen LogP contribution in [0.5, 0.6) is 0 Å². The molecule has 1 N–H and O–H groups in total. The fourth-order valence-electron chi connectivity index (χ4n) is 1.60. The van der Waals surface area contributed by atoms with E-state index in [1.807, 2.05) is 30.5 Å². The number of hydrogen-bond acceptors (Lipinski definition) is 2. The molecule has 0 spiro atoms. The van der Waals surface area contributed by atoms with Gasteiger partial charge in [-0.25, -0.2) is 0 Å². The lowest BCUT2D eigenvalue weighted by Gasteiger charge is -1.93. The zero-order valence-electron chi connectivity index (χ0n) is 9.62. The molecule has 0 radical (unpaired) electrons. The number of carbonyl (C=O) groups is 1. The van der Waals surface area contributed by atoms with Gasteiger partial charge in [-0.3, -0.25) is 4.79 Å². The molecule has 2 aromatic rings. The van der Waals surface area contributed by atoms with Crippen molar-refractivity contribution in [1.29, 1.82) is 0 Å². The Hall–Kier alpha value is -1.66. The number of thioether (sulfide) groups is 1. The number of benzene rings is 1. The van der Waals surface area contributed by atoms with Gasteiger partial charge in [0.15, 0.2) is 5.12 Å². The van der Waals surface area contributed by atoms with Gasteiger partial charge in [-0.1, -0.05) is 29.7 Å². The molecular weight excluding hydrogens is 230 g/mol. The number of rotatable bonds is 2. The second-order valence-electron chi connectivity index (χ2n) is 3.64. The Morgan fingerprint density at radius 2 is 2.29 bits per heavy atom. The van der Waals surface area contributed by atoms with E-state index < -0.39 is 0 Å². The zero-order chi connectivity index (χ0) is 12.1. The third-order valence-electron chi connectivity index (χ3n) is 2.35. The molecule has 17 heavy (non-hydrogen) atoms. The van der Waals surface area contributed by atoms with Crippen molar-refractivity contribution in [1.82, 2.24) is 4.98 Å². The van der Waals surface area contributed by atoms with E-state index in [1.54, 1.807) is 6.92 Å². The van der Waals surface area contributed by atoms with Gasteiger partial charge >= 0.3 is 0 Å². The van der Waals surface area contributed by atoms with E-state index in [0.29, 0.717) is 0 Å². The SMILES string of the molecule is CC(=O)SCCC#Cc1cccc2[nH]ccc12. The third kappa shape index (κ3) is 3.15. The molecule has 0 bridgehead atoms. The van der Waals surface area contributed by atoms with Crippen LogP contribution in [0.3, 0.4) is 0 Å². The van der Waals surface area contributed by atoms with Crippen LogP contribution < -0.4 is 0 Å². The molecule has 0 saturated carbocycles. The number of fused-ring (bicyclic) bond motifs is 1. The standard InChI is InChI=1S/C14H13NOS/c1-11(16)17-10-3-2-5-12-6-4-7-14-13(12)8-9-15-14/h4,6-9,15H,3,10H2,1H3. The maximum absolute atomic E-state index is 10.7. The summed E-state index contributed by atoms with van der Waals surface area (Å²) in [7, 11) is 0. The average molecular weight is 243 g/mol. The smallest absolute Gasteiger partial charge is 0.185 e. The quantitative estimate of drug-likeness (QED) is 0.649. The van der Waals surface area contributed by atoms with Gasteiger partial charge in [0.05, 0.1) is 0 Å². The van der Waals surface area contributed by atoms with Crippen molar-refractivity contribution in [3.05, 3.63) is 36.0 Å². The first-order chi connectivity index (χ1) is 8.27. The van der Waals surface area contributed by atoms with Gasteiger partial charge in [-0.05, 0) is 18.2 Å². The molecule has 0 aliphatic heterocycles. The predicted octanol–water partition coefficient (Wildman–Crippen LogP) is 3.19. The summed E-state index contributed by atoms with van der Waals surface area (Å²) >= 11 is 1.32. The molecule has 0 unspecified atom stereocenters. The molecular formula is C14H13NOS. The number of carbonyl (C=O) groups excluding carboxylic acids is 1. The van der Waals surface area contributed by atoms with Crippen molar-refractivity contribution >= 4 is 27.8 Å². The molecule has 0 amide bonds. The molecule has 0 atom stereocenters. The van der Waals surface area contributed by atoms with Crippen molar-refractivity contribution in [3.8, 4) is 11.8 Å². The molecule has 0 aliphatic carbocycles.